The molecule has 0 fully saturated rings. The van der Waals surface area contributed by atoms with Gasteiger partial charge in [-0.05, 0) is 48.2 Å². The highest BCUT2D eigenvalue weighted by atomic mass is 16.6. The number of hydrogen-bond donors (Lipinski definition) is 1. The minimum atomic E-state index is -0.649. The molecule has 0 spiro atoms. The summed E-state index contributed by atoms with van der Waals surface area (Å²) in [6.07, 6.45) is 1.38. The van der Waals surface area contributed by atoms with E-state index in [1.54, 1.807) is 31.2 Å². The van der Waals surface area contributed by atoms with Gasteiger partial charge in [0.25, 0.3) is 5.91 Å². The third-order valence-electron chi connectivity index (χ3n) is 4.60. The summed E-state index contributed by atoms with van der Waals surface area (Å²) >= 11 is 0. The van der Waals surface area contributed by atoms with E-state index >= 15 is 0 Å². The molecule has 2 aromatic carbocycles. The molecule has 6 heteroatoms. The van der Waals surface area contributed by atoms with Crippen molar-refractivity contribution in [3.8, 4) is 5.75 Å². The molecule has 0 radical (unpaired) electrons. The maximum atomic E-state index is 12.1. The molecule has 0 saturated carbocycles. The van der Waals surface area contributed by atoms with E-state index in [0.717, 1.165) is 17.7 Å². The van der Waals surface area contributed by atoms with E-state index in [1.165, 1.54) is 0 Å². The highest BCUT2D eigenvalue weighted by Crippen LogP contribution is 2.26. The molecule has 0 saturated heterocycles. The molecule has 29 heavy (non-hydrogen) atoms. The van der Waals surface area contributed by atoms with Crippen LogP contribution in [-0.2, 0) is 14.3 Å². The van der Waals surface area contributed by atoms with Crippen molar-refractivity contribution in [3.05, 3.63) is 59.7 Å². The number of amides is 1. The average molecular weight is 397 g/mol. The van der Waals surface area contributed by atoms with Crippen LogP contribution in [0.3, 0.4) is 0 Å². The van der Waals surface area contributed by atoms with Crippen LogP contribution in [0.25, 0.3) is 0 Å². The summed E-state index contributed by atoms with van der Waals surface area (Å²) in [5.41, 5.74) is 2.36. The maximum absolute atomic E-state index is 12.1. The van der Waals surface area contributed by atoms with Crippen LogP contribution in [-0.4, -0.2) is 30.9 Å². The first-order valence-electron chi connectivity index (χ1n) is 9.75. The van der Waals surface area contributed by atoms with Crippen LogP contribution >= 0.6 is 0 Å². The number of ether oxygens (including phenoxy) is 2. The first kappa shape index (κ1) is 22.1. The number of rotatable bonds is 10. The lowest BCUT2D eigenvalue weighted by Crippen LogP contribution is -2.24. The zero-order chi connectivity index (χ0) is 21.2. The van der Waals surface area contributed by atoms with Crippen molar-refractivity contribution >= 4 is 23.3 Å². The standard InChI is InChI=1S/C23H27NO5/c1-4-16(3)19-8-6-7-9-20(19)24-22(26)14-29-23(27)15-28-18-12-10-17(11-13-18)21(25)5-2/h6-13,16H,4-5,14-15H2,1-3H3,(H,24,26)/t16-/m0/s1. The topological polar surface area (TPSA) is 81.7 Å². The molecule has 6 nitrogen and oxygen atoms in total. The molecular formula is C23H27NO5. The zero-order valence-corrected chi connectivity index (χ0v) is 17.1. The Kier molecular flexibility index (Phi) is 8.40. The Balaban J connectivity index is 1.79. The fraction of sp³-hybridized carbons (Fsp3) is 0.348. The van der Waals surface area contributed by atoms with Gasteiger partial charge < -0.3 is 14.8 Å². The molecule has 154 valence electrons. The van der Waals surface area contributed by atoms with E-state index in [9.17, 15) is 14.4 Å². The van der Waals surface area contributed by atoms with Crippen LogP contribution < -0.4 is 10.1 Å². The summed E-state index contributed by atoms with van der Waals surface area (Å²) in [7, 11) is 0. The van der Waals surface area contributed by atoms with E-state index in [-0.39, 0.29) is 19.0 Å². The number of anilines is 1. The van der Waals surface area contributed by atoms with Gasteiger partial charge in [0.1, 0.15) is 5.75 Å². The predicted molar refractivity (Wildman–Crippen MR) is 111 cm³/mol. The quantitative estimate of drug-likeness (QED) is 0.476. The van der Waals surface area contributed by atoms with Gasteiger partial charge >= 0.3 is 5.97 Å². The Morgan fingerprint density at radius 1 is 0.966 bits per heavy atom. The van der Waals surface area contributed by atoms with Crippen molar-refractivity contribution in [1.29, 1.82) is 0 Å². The van der Waals surface area contributed by atoms with Gasteiger partial charge in [-0.1, -0.05) is 39.0 Å². The lowest BCUT2D eigenvalue weighted by atomic mass is 9.97. The Morgan fingerprint density at radius 2 is 1.66 bits per heavy atom. The molecule has 1 atom stereocenters. The smallest absolute Gasteiger partial charge is 0.344 e. The van der Waals surface area contributed by atoms with Gasteiger partial charge in [-0.25, -0.2) is 4.79 Å². The Hall–Kier alpha value is -3.15. The van der Waals surface area contributed by atoms with E-state index < -0.39 is 11.9 Å². The molecule has 0 aliphatic rings. The van der Waals surface area contributed by atoms with Crippen molar-refractivity contribution in [2.45, 2.75) is 39.5 Å². The molecule has 0 bridgehead atoms. The first-order chi connectivity index (χ1) is 13.9. The highest BCUT2D eigenvalue weighted by Gasteiger charge is 2.13. The summed E-state index contributed by atoms with van der Waals surface area (Å²) < 4.78 is 10.3. The number of Topliss-reactive ketones (excluding diaryl/α,β-unsaturated/α-hetero) is 1. The molecule has 0 aliphatic carbocycles. The van der Waals surface area contributed by atoms with E-state index in [2.05, 4.69) is 19.2 Å². The van der Waals surface area contributed by atoms with Crippen molar-refractivity contribution in [2.24, 2.45) is 0 Å². The number of benzene rings is 2. The van der Waals surface area contributed by atoms with Crippen LogP contribution in [0.4, 0.5) is 5.69 Å². The van der Waals surface area contributed by atoms with Gasteiger partial charge in [0.15, 0.2) is 19.0 Å². The summed E-state index contributed by atoms with van der Waals surface area (Å²) in [4.78, 5) is 35.6. The van der Waals surface area contributed by atoms with Gasteiger partial charge in [0.05, 0.1) is 0 Å². The number of ketones is 1. The molecule has 0 heterocycles. The highest BCUT2D eigenvalue weighted by molar-refractivity contribution is 5.96. The minimum Gasteiger partial charge on any atom is -0.482 e. The third kappa shape index (κ3) is 6.75. The van der Waals surface area contributed by atoms with Gasteiger partial charge in [0, 0.05) is 17.7 Å². The van der Waals surface area contributed by atoms with Gasteiger partial charge in [0.2, 0.25) is 0 Å². The van der Waals surface area contributed by atoms with Crippen LogP contribution in [0.1, 0.15) is 55.5 Å². The summed E-state index contributed by atoms with van der Waals surface area (Å²) in [5.74, 6) is -0.263. The minimum absolute atomic E-state index is 0.0388. The first-order valence-corrected chi connectivity index (χ1v) is 9.75. The average Bonchev–Trinajstić information content (AvgIpc) is 2.75. The number of hydrogen-bond acceptors (Lipinski definition) is 5. The Labute approximate surface area is 171 Å². The van der Waals surface area contributed by atoms with E-state index in [1.807, 2.05) is 24.3 Å². The summed E-state index contributed by atoms with van der Waals surface area (Å²) in [6.45, 7) is 5.26. The van der Waals surface area contributed by atoms with Gasteiger partial charge in [-0.15, -0.1) is 0 Å². The molecule has 0 aromatic heterocycles. The third-order valence-corrected chi connectivity index (χ3v) is 4.60. The Bertz CT molecular complexity index is 845. The van der Waals surface area contributed by atoms with Crippen molar-refractivity contribution < 1.29 is 23.9 Å². The molecule has 0 unspecified atom stereocenters. The van der Waals surface area contributed by atoms with Crippen LogP contribution in [0.2, 0.25) is 0 Å². The maximum Gasteiger partial charge on any atom is 0.344 e. The van der Waals surface area contributed by atoms with Crippen LogP contribution in [0.15, 0.2) is 48.5 Å². The second-order valence-electron chi connectivity index (χ2n) is 6.70. The molecule has 2 rings (SSSR count). The number of carbonyl (C=O) groups excluding carboxylic acids is 3. The molecule has 1 N–H and O–H groups in total. The van der Waals surface area contributed by atoms with E-state index in [4.69, 9.17) is 9.47 Å². The largest absolute Gasteiger partial charge is 0.482 e. The molecule has 1 amide bonds. The number of esters is 1. The molecule has 0 aliphatic heterocycles. The zero-order valence-electron chi connectivity index (χ0n) is 17.1. The monoisotopic (exact) mass is 397 g/mol. The SMILES string of the molecule is CCC(=O)c1ccc(OCC(=O)OCC(=O)Nc2ccccc2[C@@H](C)CC)cc1. The number of nitrogens with one attached hydrogen (secondary N) is 1. The second-order valence-corrected chi connectivity index (χ2v) is 6.70. The number of carbonyl (C=O) groups is 3. The van der Waals surface area contributed by atoms with Gasteiger partial charge in [-0.2, -0.15) is 0 Å². The van der Waals surface area contributed by atoms with Gasteiger partial charge in [-0.3, -0.25) is 9.59 Å². The Morgan fingerprint density at radius 3 is 2.31 bits per heavy atom. The normalized spacial score (nSPS) is 11.4. The van der Waals surface area contributed by atoms with Crippen molar-refractivity contribution in [1.82, 2.24) is 0 Å². The fourth-order valence-corrected chi connectivity index (χ4v) is 2.72. The lowest BCUT2D eigenvalue weighted by Gasteiger charge is -2.15. The van der Waals surface area contributed by atoms with Crippen LogP contribution in [0.5, 0.6) is 5.75 Å². The predicted octanol–water partition coefficient (Wildman–Crippen LogP) is 4.35. The molecule has 2 aromatic rings. The van der Waals surface area contributed by atoms with Crippen molar-refractivity contribution in [3.63, 3.8) is 0 Å². The van der Waals surface area contributed by atoms with Crippen LogP contribution in [0, 0.1) is 0 Å². The van der Waals surface area contributed by atoms with E-state index in [0.29, 0.717) is 23.7 Å². The number of para-hydroxylation sites is 1. The molecular weight excluding hydrogens is 370 g/mol. The van der Waals surface area contributed by atoms with Crippen molar-refractivity contribution in [2.75, 3.05) is 18.5 Å². The lowest BCUT2D eigenvalue weighted by molar-refractivity contribution is -0.149. The summed E-state index contributed by atoms with van der Waals surface area (Å²) in [6, 6.07) is 14.1. The summed E-state index contributed by atoms with van der Waals surface area (Å²) in [5, 5.41) is 2.79. The fourth-order valence-electron chi connectivity index (χ4n) is 2.72. The second kappa shape index (κ2) is 11.0.